The van der Waals surface area contributed by atoms with Crippen molar-refractivity contribution in [3.8, 4) is 0 Å². The molecule has 9 heteroatoms. The van der Waals surface area contributed by atoms with Crippen molar-refractivity contribution < 1.29 is 9.59 Å². The third-order valence-electron chi connectivity index (χ3n) is 3.37. The van der Waals surface area contributed by atoms with E-state index in [1.54, 1.807) is 28.7 Å². The smallest absolute Gasteiger partial charge is 0.259 e. The SMILES string of the molecule is Cc1cc(C)n2c(SCC(=O)NC(=O)c3ccccc3Br)nnc2n1. The molecule has 3 aromatic rings. The van der Waals surface area contributed by atoms with Gasteiger partial charge < -0.3 is 0 Å². The number of thioether (sulfide) groups is 1. The molecule has 128 valence electrons. The molecule has 7 nitrogen and oxygen atoms in total. The first kappa shape index (κ1) is 17.6. The first-order valence-electron chi connectivity index (χ1n) is 7.36. The van der Waals surface area contributed by atoms with Crippen molar-refractivity contribution in [1.82, 2.24) is 24.9 Å². The zero-order valence-corrected chi connectivity index (χ0v) is 15.9. The second kappa shape index (κ2) is 7.32. The van der Waals surface area contributed by atoms with Gasteiger partial charge in [0.15, 0.2) is 5.16 Å². The van der Waals surface area contributed by atoms with E-state index >= 15 is 0 Å². The molecule has 1 N–H and O–H groups in total. The van der Waals surface area contributed by atoms with Crippen molar-refractivity contribution in [2.45, 2.75) is 19.0 Å². The van der Waals surface area contributed by atoms with Crippen molar-refractivity contribution in [1.29, 1.82) is 0 Å². The van der Waals surface area contributed by atoms with Gasteiger partial charge in [-0.3, -0.25) is 19.3 Å². The number of benzene rings is 1. The number of aromatic nitrogens is 4. The van der Waals surface area contributed by atoms with Crippen LogP contribution < -0.4 is 5.32 Å². The molecule has 2 amide bonds. The minimum absolute atomic E-state index is 0.0459. The highest BCUT2D eigenvalue weighted by atomic mass is 79.9. The lowest BCUT2D eigenvalue weighted by Gasteiger charge is -2.06. The van der Waals surface area contributed by atoms with Gasteiger partial charge in [0, 0.05) is 15.9 Å². The zero-order valence-electron chi connectivity index (χ0n) is 13.5. The lowest BCUT2D eigenvalue weighted by Crippen LogP contribution is -2.32. The Labute approximate surface area is 156 Å². The third-order valence-corrected chi connectivity index (χ3v) is 4.99. The largest absolute Gasteiger partial charge is 0.292 e. The fourth-order valence-corrected chi connectivity index (χ4v) is 3.55. The Bertz CT molecular complexity index is 972. The van der Waals surface area contributed by atoms with Gasteiger partial charge in [-0.1, -0.05) is 23.9 Å². The van der Waals surface area contributed by atoms with E-state index in [0.717, 1.165) is 11.4 Å². The number of nitrogens with one attached hydrogen (secondary N) is 1. The van der Waals surface area contributed by atoms with Crippen LogP contribution >= 0.6 is 27.7 Å². The molecular weight excluding hydrogens is 406 g/mol. The molecule has 3 rings (SSSR count). The minimum atomic E-state index is -0.447. The van der Waals surface area contributed by atoms with Crippen LogP contribution in [-0.4, -0.2) is 37.1 Å². The first-order chi connectivity index (χ1) is 12.0. The van der Waals surface area contributed by atoms with Crippen LogP contribution in [0.4, 0.5) is 0 Å². The summed E-state index contributed by atoms with van der Waals surface area (Å²) in [5.41, 5.74) is 2.19. The molecule has 1 aromatic carbocycles. The van der Waals surface area contributed by atoms with E-state index in [1.165, 1.54) is 11.8 Å². The average Bonchev–Trinajstić information content (AvgIpc) is 2.96. The summed E-state index contributed by atoms with van der Waals surface area (Å²) in [5.74, 6) is -0.313. The van der Waals surface area contributed by atoms with E-state index in [-0.39, 0.29) is 5.75 Å². The highest BCUT2D eigenvalue weighted by Crippen LogP contribution is 2.19. The van der Waals surface area contributed by atoms with Gasteiger partial charge in [-0.25, -0.2) is 4.98 Å². The number of carbonyl (C=O) groups excluding carboxylic acids is 2. The van der Waals surface area contributed by atoms with E-state index in [4.69, 9.17) is 0 Å². The van der Waals surface area contributed by atoms with Crippen LogP contribution in [0, 0.1) is 13.8 Å². The number of carbonyl (C=O) groups is 2. The van der Waals surface area contributed by atoms with Crippen LogP contribution in [-0.2, 0) is 4.79 Å². The standard InChI is InChI=1S/C16H14BrN5O2S/c1-9-7-10(2)22-15(18-9)20-21-16(22)25-8-13(23)19-14(24)11-5-3-4-6-12(11)17/h3-7H,8H2,1-2H3,(H,19,23,24). The lowest BCUT2D eigenvalue weighted by molar-refractivity contribution is -0.117. The molecule has 0 aliphatic heterocycles. The number of halogens is 1. The molecule has 0 atom stereocenters. The topological polar surface area (TPSA) is 89.2 Å². The number of rotatable bonds is 4. The van der Waals surface area contributed by atoms with Crippen molar-refractivity contribution in [2.24, 2.45) is 0 Å². The number of imide groups is 1. The molecule has 0 aliphatic rings. The highest BCUT2D eigenvalue weighted by molar-refractivity contribution is 9.10. The predicted molar refractivity (Wildman–Crippen MR) is 97.6 cm³/mol. The molecule has 25 heavy (non-hydrogen) atoms. The van der Waals surface area contributed by atoms with Gasteiger partial charge in [-0.2, -0.15) is 0 Å². The van der Waals surface area contributed by atoms with Crippen LogP contribution in [0.3, 0.4) is 0 Å². The number of hydrogen-bond acceptors (Lipinski definition) is 6. The van der Waals surface area contributed by atoms with Crippen LogP contribution in [0.2, 0.25) is 0 Å². The second-order valence-corrected chi connectivity index (χ2v) is 7.10. The molecule has 0 saturated carbocycles. The molecule has 0 aliphatic carbocycles. The fraction of sp³-hybridized carbons (Fsp3) is 0.188. The Kier molecular flexibility index (Phi) is 5.14. The molecule has 0 unspecified atom stereocenters. The van der Waals surface area contributed by atoms with Crippen molar-refractivity contribution in [2.75, 3.05) is 5.75 Å². The van der Waals surface area contributed by atoms with Crippen molar-refractivity contribution in [3.63, 3.8) is 0 Å². The second-order valence-electron chi connectivity index (χ2n) is 5.30. The molecule has 0 spiro atoms. The zero-order chi connectivity index (χ0) is 18.0. The highest BCUT2D eigenvalue weighted by Gasteiger charge is 2.15. The molecule has 0 radical (unpaired) electrons. The summed E-state index contributed by atoms with van der Waals surface area (Å²) in [6, 6.07) is 8.83. The number of amides is 2. The summed E-state index contributed by atoms with van der Waals surface area (Å²) in [6.45, 7) is 3.81. The van der Waals surface area contributed by atoms with Crippen LogP contribution in [0.5, 0.6) is 0 Å². The molecular formula is C16H14BrN5O2S. The first-order valence-corrected chi connectivity index (χ1v) is 9.14. The molecule has 0 bridgehead atoms. The Morgan fingerprint density at radius 1 is 1.24 bits per heavy atom. The summed E-state index contributed by atoms with van der Waals surface area (Å²) in [5, 5.41) is 11.0. The third kappa shape index (κ3) is 3.88. The van der Waals surface area contributed by atoms with Gasteiger partial charge in [0.2, 0.25) is 5.91 Å². The van der Waals surface area contributed by atoms with Gasteiger partial charge in [0.25, 0.3) is 11.7 Å². The van der Waals surface area contributed by atoms with Gasteiger partial charge in [-0.05, 0) is 48.0 Å². The van der Waals surface area contributed by atoms with Gasteiger partial charge in [0.05, 0.1) is 11.3 Å². The van der Waals surface area contributed by atoms with Gasteiger partial charge >= 0.3 is 0 Å². The van der Waals surface area contributed by atoms with E-state index in [0.29, 0.717) is 21.0 Å². The molecule has 0 saturated heterocycles. The van der Waals surface area contributed by atoms with Crippen molar-refractivity contribution in [3.05, 3.63) is 51.8 Å². The summed E-state index contributed by atoms with van der Waals surface area (Å²) < 4.78 is 2.41. The predicted octanol–water partition coefficient (Wildman–Crippen LogP) is 2.55. The maximum absolute atomic E-state index is 12.1. The number of nitrogens with zero attached hydrogens (tertiary/aromatic N) is 4. The molecule has 2 aromatic heterocycles. The Balaban J connectivity index is 1.67. The van der Waals surface area contributed by atoms with Gasteiger partial charge in [-0.15, -0.1) is 10.2 Å². The lowest BCUT2D eigenvalue weighted by atomic mass is 10.2. The Hall–Kier alpha value is -2.26. The Morgan fingerprint density at radius 2 is 2.00 bits per heavy atom. The minimum Gasteiger partial charge on any atom is -0.292 e. The average molecular weight is 420 g/mol. The molecule has 0 fully saturated rings. The van der Waals surface area contributed by atoms with E-state index in [1.807, 2.05) is 19.9 Å². The fourth-order valence-electron chi connectivity index (χ4n) is 2.30. The summed E-state index contributed by atoms with van der Waals surface area (Å²) >= 11 is 4.49. The maximum Gasteiger partial charge on any atom is 0.259 e. The number of hydrogen-bond donors (Lipinski definition) is 1. The van der Waals surface area contributed by atoms with E-state index < -0.39 is 11.8 Å². The monoisotopic (exact) mass is 419 g/mol. The maximum atomic E-state index is 12.1. The summed E-state index contributed by atoms with van der Waals surface area (Å²) in [4.78, 5) is 28.5. The quantitative estimate of drug-likeness (QED) is 0.653. The number of fused-ring (bicyclic) bond motifs is 1. The van der Waals surface area contributed by atoms with Crippen LogP contribution in [0.1, 0.15) is 21.7 Å². The van der Waals surface area contributed by atoms with Gasteiger partial charge in [0.1, 0.15) is 0 Å². The Morgan fingerprint density at radius 3 is 2.76 bits per heavy atom. The van der Waals surface area contributed by atoms with Crippen LogP contribution in [0.15, 0.2) is 40.0 Å². The van der Waals surface area contributed by atoms with Crippen LogP contribution in [0.25, 0.3) is 5.78 Å². The van der Waals surface area contributed by atoms with E-state index in [2.05, 4.69) is 36.4 Å². The normalized spacial score (nSPS) is 10.8. The summed E-state index contributed by atoms with van der Waals surface area (Å²) in [6.07, 6.45) is 0. The summed E-state index contributed by atoms with van der Waals surface area (Å²) in [7, 11) is 0. The number of aryl methyl sites for hydroxylation is 2. The van der Waals surface area contributed by atoms with Crippen molar-refractivity contribution >= 4 is 45.3 Å². The molecule has 2 heterocycles. The van der Waals surface area contributed by atoms with E-state index in [9.17, 15) is 9.59 Å².